The molecule has 21 heavy (non-hydrogen) atoms. The van der Waals surface area contributed by atoms with E-state index in [1.165, 1.54) is 0 Å². The largest absolute Gasteiger partial charge is 0.277 e. The molecule has 0 atom stereocenters. The second-order valence-corrected chi connectivity index (χ2v) is 6.08. The molecule has 0 aromatic carbocycles. The maximum atomic E-state index is 5.93. The van der Waals surface area contributed by atoms with E-state index in [4.69, 9.17) is 11.6 Å². The molecule has 7 heteroatoms. The van der Waals surface area contributed by atoms with Crippen LogP contribution in [-0.2, 0) is 19.9 Å². The van der Waals surface area contributed by atoms with E-state index in [1.54, 1.807) is 6.20 Å². The maximum Gasteiger partial charge on any atom is 0.164 e. The molecule has 0 saturated heterocycles. The van der Waals surface area contributed by atoms with Crippen LogP contribution in [0.2, 0.25) is 0 Å². The number of aryl methyl sites for hydroxylation is 3. The Labute approximate surface area is 136 Å². The van der Waals surface area contributed by atoms with E-state index in [1.807, 2.05) is 24.0 Å². The zero-order valence-electron chi connectivity index (χ0n) is 11.8. The van der Waals surface area contributed by atoms with E-state index in [0.29, 0.717) is 12.3 Å². The van der Waals surface area contributed by atoms with Crippen molar-refractivity contribution in [3.8, 4) is 5.69 Å². The Morgan fingerprint density at radius 3 is 2.90 bits per heavy atom. The standard InChI is InChI=1S/C14H15BrClN5/c1-3-10-12(8-20(2)19-10)21-13(4-5-16)18-11-6-9(15)7-17-14(11)21/h6-8H,3-5H2,1-2H3. The molecule has 3 rings (SSSR count). The molecule has 0 aliphatic heterocycles. The van der Waals surface area contributed by atoms with Gasteiger partial charge in [-0.1, -0.05) is 6.92 Å². The molecule has 0 radical (unpaired) electrons. The number of rotatable bonds is 4. The second-order valence-electron chi connectivity index (χ2n) is 4.79. The van der Waals surface area contributed by atoms with Gasteiger partial charge < -0.3 is 0 Å². The summed E-state index contributed by atoms with van der Waals surface area (Å²) in [6, 6.07) is 1.97. The predicted octanol–water partition coefficient (Wildman–Crippen LogP) is 3.26. The summed E-state index contributed by atoms with van der Waals surface area (Å²) in [6.45, 7) is 2.09. The minimum atomic E-state index is 0.520. The van der Waals surface area contributed by atoms with Crippen LogP contribution in [0.5, 0.6) is 0 Å². The third-order valence-electron chi connectivity index (χ3n) is 3.31. The first kappa shape index (κ1) is 14.5. The van der Waals surface area contributed by atoms with Gasteiger partial charge in [-0.2, -0.15) is 5.10 Å². The van der Waals surface area contributed by atoms with Gasteiger partial charge in [0.15, 0.2) is 5.65 Å². The molecular formula is C14H15BrClN5. The molecule has 5 nitrogen and oxygen atoms in total. The highest BCUT2D eigenvalue weighted by molar-refractivity contribution is 9.10. The average molecular weight is 369 g/mol. The smallest absolute Gasteiger partial charge is 0.164 e. The minimum Gasteiger partial charge on any atom is -0.277 e. The summed E-state index contributed by atoms with van der Waals surface area (Å²) in [5.41, 5.74) is 3.74. The lowest BCUT2D eigenvalue weighted by molar-refractivity contribution is 0.746. The molecule has 0 fully saturated rings. The van der Waals surface area contributed by atoms with Crippen molar-refractivity contribution in [3.63, 3.8) is 0 Å². The molecule has 0 aliphatic rings. The fourth-order valence-corrected chi connectivity index (χ4v) is 2.94. The summed E-state index contributed by atoms with van der Waals surface area (Å²) >= 11 is 9.37. The van der Waals surface area contributed by atoms with E-state index >= 15 is 0 Å². The number of hydrogen-bond acceptors (Lipinski definition) is 3. The molecule has 0 amide bonds. The highest BCUT2D eigenvalue weighted by atomic mass is 79.9. The Bertz CT molecular complexity index is 792. The Kier molecular flexibility index (Phi) is 3.99. The van der Waals surface area contributed by atoms with Crippen LogP contribution in [0, 0.1) is 0 Å². The number of aromatic nitrogens is 5. The van der Waals surface area contributed by atoms with Gasteiger partial charge in [0.05, 0.1) is 11.4 Å². The van der Waals surface area contributed by atoms with Gasteiger partial charge in [0.2, 0.25) is 0 Å². The van der Waals surface area contributed by atoms with Crippen molar-refractivity contribution in [2.24, 2.45) is 7.05 Å². The van der Waals surface area contributed by atoms with Crippen molar-refractivity contribution in [3.05, 3.63) is 34.5 Å². The van der Waals surface area contributed by atoms with Crippen LogP contribution in [-0.4, -0.2) is 30.2 Å². The predicted molar refractivity (Wildman–Crippen MR) is 87.1 cm³/mol. The van der Waals surface area contributed by atoms with Gasteiger partial charge in [0.25, 0.3) is 0 Å². The van der Waals surface area contributed by atoms with E-state index in [2.05, 4.69) is 42.5 Å². The highest BCUT2D eigenvalue weighted by Gasteiger charge is 2.17. The average Bonchev–Trinajstić information content (AvgIpc) is 2.98. The van der Waals surface area contributed by atoms with Crippen LogP contribution >= 0.6 is 27.5 Å². The summed E-state index contributed by atoms with van der Waals surface area (Å²) in [5, 5.41) is 4.51. The Balaban J connectivity index is 2.30. The van der Waals surface area contributed by atoms with Crippen LogP contribution in [0.1, 0.15) is 18.4 Å². The Hall–Kier alpha value is -1.40. The summed E-state index contributed by atoms with van der Waals surface area (Å²) in [6.07, 6.45) is 5.33. The van der Waals surface area contributed by atoms with Crippen molar-refractivity contribution < 1.29 is 0 Å². The van der Waals surface area contributed by atoms with Gasteiger partial charge in [-0.15, -0.1) is 11.6 Å². The normalized spacial score (nSPS) is 11.4. The van der Waals surface area contributed by atoms with Gasteiger partial charge >= 0.3 is 0 Å². The maximum absolute atomic E-state index is 5.93. The zero-order chi connectivity index (χ0) is 15.0. The molecule has 3 heterocycles. The topological polar surface area (TPSA) is 48.5 Å². The highest BCUT2D eigenvalue weighted by Crippen LogP contribution is 2.25. The summed E-state index contributed by atoms with van der Waals surface area (Å²) in [4.78, 5) is 9.19. The molecule has 0 saturated carbocycles. The van der Waals surface area contributed by atoms with Crippen LogP contribution in [0.4, 0.5) is 0 Å². The number of fused-ring (bicyclic) bond motifs is 1. The quantitative estimate of drug-likeness (QED) is 0.664. The SMILES string of the molecule is CCc1nn(C)cc1-n1c(CCCl)nc2cc(Br)cnc21. The number of halogens is 2. The van der Waals surface area contributed by atoms with Crippen molar-refractivity contribution in [2.45, 2.75) is 19.8 Å². The number of imidazole rings is 1. The second kappa shape index (κ2) is 5.77. The molecule has 0 spiro atoms. The molecule has 3 aromatic heterocycles. The van der Waals surface area contributed by atoms with E-state index in [9.17, 15) is 0 Å². The van der Waals surface area contributed by atoms with Crippen molar-refractivity contribution in [1.82, 2.24) is 24.3 Å². The van der Waals surface area contributed by atoms with Crippen LogP contribution < -0.4 is 0 Å². The molecule has 3 aromatic rings. The van der Waals surface area contributed by atoms with Gasteiger partial charge in [-0.05, 0) is 28.4 Å². The number of nitrogens with zero attached hydrogens (tertiary/aromatic N) is 5. The number of hydrogen-bond donors (Lipinski definition) is 0. The summed E-state index contributed by atoms with van der Waals surface area (Å²) in [7, 11) is 1.92. The molecule has 0 unspecified atom stereocenters. The van der Waals surface area contributed by atoms with Crippen molar-refractivity contribution in [2.75, 3.05) is 5.88 Å². The molecule has 0 aliphatic carbocycles. The summed E-state index contributed by atoms with van der Waals surface area (Å²) < 4.78 is 4.80. The van der Waals surface area contributed by atoms with E-state index in [0.717, 1.165) is 39.3 Å². The monoisotopic (exact) mass is 367 g/mol. The number of alkyl halides is 1. The molecule has 0 N–H and O–H groups in total. The minimum absolute atomic E-state index is 0.520. The van der Waals surface area contributed by atoms with Crippen LogP contribution in [0.3, 0.4) is 0 Å². The van der Waals surface area contributed by atoms with Crippen LogP contribution in [0.25, 0.3) is 16.9 Å². The third-order valence-corrected chi connectivity index (χ3v) is 3.93. The number of pyridine rings is 1. The molecule has 110 valence electrons. The first-order valence-corrected chi connectivity index (χ1v) is 8.08. The van der Waals surface area contributed by atoms with E-state index in [-0.39, 0.29) is 0 Å². The third kappa shape index (κ3) is 2.58. The molecule has 0 bridgehead atoms. The molecular weight excluding hydrogens is 354 g/mol. The Morgan fingerprint density at radius 1 is 1.38 bits per heavy atom. The Morgan fingerprint density at radius 2 is 2.19 bits per heavy atom. The lowest BCUT2D eigenvalue weighted by Gasteiger charge is -2.07. The van der Waals surface area contributed by atoms with Crippen molar-refractivity contribution in [1.29, 1.82) is 0 Å². The van der Waals surface area contributed by atoms with Gasteiger partial charge in [0.1, 0.15) is 11.3 Å². The van der Waals surface area contributed by atoms with Gasteiger partial charge in [-0.3, -0.25) is 9.25 Å². The fraction of sp³-hybridized carbons (Fsp3) is 0.357. The first-order chi connectivity index (χ1) is 10.1. The van der Waals surface area contributed by atoms with Crippen molar-refractivity contribution >= 4 is 38.7 Å². The van der Waals surface area contributed by atoms with Crippen LogP contribution in [0.15, 0.2) is 22.9 Å². The lowest BCUT2D eigenvalue weighted by atomic mass is 10.3. The fourth-order valence-electron chi connectivity index (χ4n) is 2.45. The van der Waals surface area contributed by atoms with E-state index < -0.39 is 0 Å². The van der Waals surface area contributed by atoms with Gasteiger partial charge in [-0.25, -0.2) is 9.97 Å². The van der Waals surface area contributed by atoms with Gasteiger partial charge in [0, 0.05) is 36.2 Å². The lowest BCUT2D eigenvalue weighted by Crippen LogP contribution is -2.04. The first-order valence-electron chi connectivity index (χ1n) is 6.75. The zero-order valence-corrected chi connectivity index (χ0v) is 14.2. The summed E-state index contributed by atoms with van der Waals surface area (Å²) in [5.74, 6) is 1.43.